The Bertz CT molecular complexity index is 858. The van der Waals surface area contributed by atoms with Crippen molar-refractivity contribution in [3.8, 4) is 5.69 Å². The van der Waals surface area contributed by atoms with E-state index in [2.05, 4.69) is 15.4 Å². The number of hydrogen-bond acceptors (Lipinski definition) is 6. The van der Waals surface area contributed by atoms with Crippen LogP contribution in [-0.2, 0) is 9.53 Å². The molecule has 0 saturated carbocycles. The van der Waals surface area contributed by atoms with Crippen LogP contribution in [0.3, 0.4) is 0 Å². The topological polar surface area (TPSA) is 92.6 Å². The van der Waals surface area contributed by atoms with Crippen LogP contribution in [0.4, 0.5) is 10.5 Å². The summed E-state index contributed by atoms with van der Waals surface area (Å²) < 4.78 is 6.88. The van der Waals surface area contributed by atoms with E-state index in [1.165, 1.54) is 6.33 Å². The van der Waals surface area contributed by atoms with Crippen molar-refractivity contribution in [1.29, 1.82) is 0 Å². The van der Waals surface area contributed by atoms with E-state index in [-0.39, 0.29) is 18.5 Å². The number of carbonyl (C=O) groups excluding carboxylic acids is 2. The molecule has 0 spiro atoms. The molecular formula is C20H27ClN6O3. The van der Waals surface area contributed by atoms with Crippen LogP contribution in [0.15, 0.2) is 30.9 Å². The largest absolute Gasteiger partial charge is 0.449 e. The summed E-state index contributed by atoms with van der Waals surface area (Å²) in [5, 5.41) is 7.54. The first-order valence-corrected chi connectivity index (χ1v) is 10.4. The fourth-order valence-corrected chi connectivity index (χ4v) is 3.35. The van der Waals surface area contributed by atoms with Gasteiger partial charge in [-0.1, -0.05) is 25.4 Å². The molecule has 162 valence electrons. The first kappa shape index (κ1) is 22.0. The summed E-state index contributed by atoms with van der Waals surface area (Å²) in [4.78, 5) is 32.5. The summed E-state index contributed by atoms with van der Waals surface area (Å²) in [5.74, 6) is 0.143. The lowest BCUT2D eigenvalue weighted by molar-refractivity contribution is -0.117. The van der Waals surface area contributed by atoms with Crippen molar-refractivity contribution < 1.29 is 14.3 Å². The maximum atomic E-state index is 12.7. The second-order valence-electron chi connectivity index (χ2n) is 7.64. The monoisotopic (exact) mass is 434 g/mol. The van der Waals surface area contributed by atoms with Crippen molar-refractivity contribution >= 4 is 29.3 Å². The zero-order chi connectivity index (χ0) is 21.5. The molecule has 2 amide bonds. The average molecular weight is 435 g/mol. The van der Waals surface area contributed by atoms with E-state index in [4.69, 9.17) is 16.3 Å². The van der Waals surface area contributed by atoms with Crippen LogP contribution in [0, 0.1) is 5.92 Å². The highest BCUT2D eigenvalue weighted by molar-refractivity contribution is 6.31. The quantitative estimate of drug-likeness (QED) is 0.751. The van der Waals surface area contributed by atoms with Gasteiger partial charge in [-0.15, -0.1) is 0 Å². The van der Waals surface area contributed by atoms with Crippen molar-refractivity contribution in [3.05, 3.63) is 35.9 Å². The minimum absolute atomic E-state index is 0.158. The highest BCUT2D eigenvalue weighted by Crippen LogP contribution is 2.24. The Morgan fingerprint density at radius 3 is 2.80 bits per heavy atom. The lowest BCUT2D eigenvalue weighted by atomic mass is 10.2. The van der Waals surface area contributed by atoms with Gasteiger partial charge >= 0.3 is 6.09 Å². The van der Waals surface area contributed by atoms with E-state index in [1.54, 1.807) is 34.1 Å². The van der Waals surface area contributed by atoms with Crippen LogP contribution >= 0.6 is 11.6 Å². The summed E-state index contributed by atoms with van der Waals surface area (Å²) in [6.07, 6.45) is 3.48. The van der Waals surface area contributed by atoms with Crippen LogP contribution in [0.5, 0.6) is 0 Å². The van der Waals surface area contributed by atoms with Crippen LogP contribution in [0.1, 0.15) is 20.3 Å². The molecule has 1 aliphatic rings. The van der Waals surface area contributed by atoms with Gasteiger partial charge in [0.15, 0.2) is 0 Å². The minimum atomic E-state index is -0.286. The van der Waals surface area contributed by atoms with Crippen LogP contribution < -0.4 is 5.32 Å². The number of amides is 2. The number of hydrogen-bond donors (Lipinski definition) is 1. The minimum Gasteiger partial charge on any atom is -0.449 e. The van der Waals surface area contributed by atoms with Gasteiger partial charge in [0.05, 0.1) is 24.5 Å². The maximum Gasteiger partial charge on any atom is 0.409 e. The van der Waals surface area contributed by atoms with Gasteiger partial charge in [0, 0.05) is 31.2 Å². The molecule has 1 aromatic heterocycles. The molecule has 1 saturated heterocycles. The number of benzene rings is 1. The van der Waals surface area contributed by atoms with E-state index in [1.807, 2.05) is 18.7 Å². The molecule has 3 rings (SSSR count). The van der Waals surface area contributed by atoms with Crippen LogP contribution in [-0.4, -0.2) is 75.9 Å². The molecule has 0 bridgehead atoms. The van der Waals surface area contributed by atoms with Crippen molar-refractivity contribution in [2.45, 2.75) is 20.3 Å². The molecule has 0 unspecified atom stereocenters. The van der Waals surface area contributed by atoms with E-state index < -0.39 is 0 Å². The third kappa shape index (κ3) is 6.17. The molecule has 1 aromatic carbocycles. The Balaban J connectivity index is 1.56. The molecule has 0 radical (unpaired) electrons. The molecule has 0 aliphatic carbocycles. The summed E-state index contributed by atoms with van der Waals surface area (Å²) in [6, 6.07) is 5.19. The molecule has 0 atom stereocenters. The maximum absolute atomic E-state index is 12.7. The van der Waals surface area contributed by atoms with E-state index in [9.17, 15) is 9.59 Å². The van der Waals surface area contributed by atoms with Gasteiger partial charge in [-0.2, -0.15) is 5.10 Å². The van der Waals surface area contributed by atoms with Gasteiger partial charge in [0.25, 0.3) is 0 Å². The Morgan fingerprint density at radius 2 is 2.07 bits per heavy atom. The molecule has 1 aliphatic heterocycles. The molecule has 10 heteroatoms. The number of aromatic nitrogens is 3. The van der Waals surface area contributed by atoms with Gasteiger partial charge in [-0.3, -0.25) is 9.69 Å². The fourth-order valence-electron chi connectivity index (χ4n) is 3.17. The van der Waals surface area contributed by atoms with Crippen LogP contribution in [0.25, 0.3) is 5.69 Å². The molecule has 30 heavy (non-hydrogen) atoms. The molecule has 2 aromatic rings. The second kappa shape index (κ2) is 10.4. The summed E-state index contributed by atoms with van der Waals surface area (Å²) in [7, 11) is 0. The zero-order valence-corrected chi connectivity index (χ0v) is 18.0. The Hall–Kier alpha value is -2.65. The van der Waals surface area contributed by atoms with Crippen molar-refractivity contribution in [1.82, 2.24) is 24.6 Å². The van der Waals surface area contributed by atoms with Gasteiger partial charge in [0.2, 0.25) is 5.91 Å². The lowest BCUT2D eigenvalue weighted by Crippen LogP contribution is -2.38. The number of halogens is 1. The third-order valence-electron chi connectivity index (χ3n) is 4.65. The summed E-state index contributed by atoms with van der Waals surface area (Å²) in [5.41, 5.74) is 1.24. The van der Waals surface area contributed by atoms with Crippen molar-refractivity contribution in [2.24, 2.45) is 5.92 Å². The Labute approximate surface area is 180 Å². The van der Waals surface area contributed by atoms with E-state index >= 15 is 0 Å². The SMILES string of the molecule is CC(C)COC(=O)N1CCCN(CC(=O)Nc2cc(Cl)ccc2-n2cncn2)CC1. The standard InChI is InChI=1S/C20H27ClN6O3/c1-15(2)12-30-20(29)26-7-3-6-25(8-9-26)11-19(28)24-17-10-16(21)4-5-18(17)27-14-22-13-23-27/h4-5,10,13-15H,3,6-9,11-12H2,1-2H3,(H,24,28). The van der Waals surface area contributed by atoms with Gasteiger partial charge < -0.3 is 15.0 Å². The van der Waals surface area contributed by atoms with E-state index in [0.29, 0.717) is 48.6 Å². The number of nitrogens with zero attached hydrogens (tertiary/aromatic N) is 5. The molecule has 2 heterocycles. The number of anilines is 1. The summed E-state index contributed by atoms with van der Waals surface area (Å²) in [6.45, 7) is 7.13. The zero-order valence-electron chi connectivity index (χ0n) is 17.3. The smallest absolute Gasteiger partial charge is 0.409 e. The molecular weight excluding hydrogens is 408 g/mol. The summed E-state index contributed by atoms with van der Waals surface area (Å²) >= 11 is 6.11. The first-order chi connectivity index (χ1) is 14.4. The van der Waals surface area contributed by atoms with Crippen LogP contribution in [0.2, 0.25) is 5.02 Å². The number of ether oxygens (including phenoxy) is 1. The predicted octanol–water partition coefficient (Wildman–Crippen LogP) is 2.66. The molecule has 9 nitrogen and oxygen atoms in total. The van der Waals surface area contributed by atoms with Gasteiger partial charge in [-0.25, -0.2) is 14.5 Å². The normalized spacial score (nSPS) is 15.1. The number of nitrogens with one attached hydrogen (secondary N) is 1. The predicted molar refractivity (Wildman–Crippen MR) is 114 cm³/mol. The van der Waals surface area contributed by atoms with E-state index in [0.717, 1.165) is 13.0 Å². The Kier molecular flexibility index (Phi) is 7.64. The first-order valence-electron chi connectivity index (χ1n) is 10.0. The lowest BCUT2D eigenvalue weighted by Gasteiger charge is -2.22. The van der Waals surface area contributed by atoms with Crippen molar-refractivity contribution in [2.75, 3.05) is 44.6 Å². The third-order valence-corrected chi connectivity index (χ3v) is 4.89. The highest BCUT2D eigenvalue weighted by Gasteiger charge is 2.22. The highest BCUT2D eigenvalue weighted by atomic mass is 35.5. The van der Waals surface area contributed by atoms with Gasteiger partial charge in [0.1, 0.15) is 12.7 Å². The number of carbonyl (C=O) groups is 2. The average Bonchev–Trinajstić information content (AvgIpc) is 3.13. The second-order valence-corrected chi connectivity index (χ2v) is 8.07. The van der Waals surface area contributed by atoms with Crippen molar-refractivity contribution in [3.63, 3.8) is 0 Å². The van der Waals surface area contributed by atoms with Gasteiger partial charge in [-0.05, 0) is 30.5 Å². The Morgan fingerprint density at radius 1 is 1.23 bits per heavy atom. The molecule has 1 N–H and O–H groups in total. The fraction of sp³-hybridized carbons (Fsp3) is 0.500. The molecule has 1 fully saturated rings. The number of rotatable bonds is 6.